The average Bonchev–Trinajstić information content (AvgIpc) is 2.29. The fourth-order valence-corrected chi connectivity index (χ4v) is 2.14. The molecule has 0 unspecified atom stereocenters. The van der Waals surface area contributed by atoms with Crippen LogP contribution in [0.15, 0.2) is 24.3 Å². The molecule has 0 atom stereocenters. The van der Waals surface area contributed by atoms with Crippen LogP contribution in [0.2, 0.25) is 5.02 Å². The van der Waals surface area contributed by atoms with E-state index in [2.05, 4.69) is 10.6 Å². The second-order valence-corrected chi connectivity index (χ2v) is 4.71. The maximum Gasteiger partial charge on any atom is 0.0843 e. The van der Waals surface area contributed by atoms with Crippen LogP contribution in [0.4, 0.5) is 5.69 Å². The van der Waals surface area contributed by atoms with Gasteiger partial charge in [0, 0.05) is 6.54 Å². The van der Waals surface area contributed by atoms with Gasteiger partial charge < -0.3 is 15.7 Å². The molecule has 1 heterocycles. The van der Waals surface area contributed by atoms with E-state index < -0.39 is 5.60 Å². The topological polar surface area (TPSA) is 44.3 Å². The molecule has 1 aromatic carbocycles. The molecular weight excluding hydrogens is 224 g/mol. The summed E-state index contributed by atoms with van der Waals surface area (Å²) in [4.78, 5) is 0. The van der Waals surface area contributed by atoms with Gasteiger partial charge in [0.2, 0.25) is 0 Å². The van der Waals surface area contributed by atoms with E-state index in [4.69, 9.17) is 11.6 Å². The number of halogens is 1. The van der Waals surface area contributed by atoms with Crippen molar-refractivity contribution in [3.63, 3.8) is 0 Å². The summed E-state index contributed by atoms with van der Waals surface area (Å²) < 4.78 is 0. The Balaban J connectivity index is 1.94. The number of rotatable bonds is 3. The molecule has 16 heavy (non-hydrogen) atoms. The van der Waals surface area contributed by atoms with Gasteiger partial charge in [0.15, 0.2) is 0 Å². The van der Waals surface area contributed by atoms with E-state index in [0.29, 0.717) is 11.6 Å². The SMILES string of the molecule is OC1(CNc2ccccc2Cl)CCNCC1. The molecule has 88 valence electrons. The Morgan fingerprint density at radius 2 is 2.00 bits per heavy atom. The molecule has 1 aliphatic heterocycles. The minimum absolute atomic E-state index is 0.554. The van der Waals surface area contributed by atoms with Crippen LogP contribution in [0.3, 0.4) is 0 Å². The van der Waals surface area contributed by atoms with Gasteiger partial charge in [0.25, 0.3) is 0 Å². The van der Waals surface area contributed by atoms with Gasteiger partial charge in [-0.05, 0) is 38.1 Å². The maximum atomic E-state index is 10.3. The van der Waals surface area contributed by atoms with Crippen molar-refractivity contribution in [3.8, 4) is 0 Å². The second kappa shape index (κ2) is 5.04. The Kier molecular flexibility index (Phi) is 3.69. The van der Waals surface area contributed by atoms with E-state index in [1.54, 1.807) is 0 Å². The Morgan fingerprint density at radius 1 is 1.31 bits per heavy atom. The first-order chi connectivity index (χ1) is 7.70. The smallest absolute Gasteiger partial charge is 0.0843 e. The molecule has 0 aliphatic carbocycles. The molecule has 1 aromatic rings. The quantitative estimate of drug-likeness (QED) is 0.756. The third-order valence-electron chi connectivity index (χ3n) is 3.02. The summed E-state index contributed by atoms with van der Waals surface area (Å²) in [5.41, 5.74) is 0.279. The van der Waals surface area contributed by atoms with Crippen LogP contribution >= 0.6 is 11.6 Å². The summed E-state index contributed by atoms with van der Waals surface area (Å²) in [6.45, 7) is 2.31. The summed E-state index contributed by atoms with van der Waals surface area (Å²) in [6, 6.07) is 7.59. The monoisotopic (exact) mass is 240 g/mol. The minimum atomic E-state index is -0.607. The highest BCUT2D eigenvalue weighted by Crippen LogP contribution is 2.23. The summed E-state index contributed by atoms with van der Waals surface area (Å²) in [5.74, 6) is 0. The first-order valence-corrected chi connectivity index (χ1v) is 5.99. The number of anilines is 1. The van der Waals surface area contributed by atoms with Gasteiger partial charge in [-0.15, -0.1) is 0 Å². The number of aliphatic hydroxyl groups is 1. The summed E-state index contributed by atoms with van der Waals surface area (Å²) in [5, 5.41) is 17.4. The molecule has 1 aliphatic rings. The fourth-order valence-electron chi connectivity index (χ4n) is 1.93. The Hall–Kier alpha value is -0.770. The normalized spacial score (nSPS) is 19.4. The number of hydrogen-bond acceptors (Lipinski definition) is 3. The summed E-state index contributed by atoms with van der Waals surface area (Å²) >= 11 is 6.03. The van der Waals surface area contributed by atoms with Gasteiger partial charge in [-0.3, -0.25) is 0 Å². The highest BCUT2D eigenvalue weighted by atomic mass is 35.5. The third kappa shape index (κ3) is 2.88. The van der Waals surface area contributed by atoms with Crippen LogP contribution in [-0.4, -0.2) is 30.3 Å². The lowest BCUT2D eigenvalue weighted by Gasteiger charge is -2.33. The zero-order chi connectivity index (χ0) is 11.4. The summed E-state index contributed by atoms with van der Waals surface area (Å²) in [7, 11) is 0. The largest absolute Gasteiger partial charge is 0.388 e. The van der Waals surface area contributed by atoms with Crippen LogP contribution in [-0.2, 0) is 0 Å². The lowest BCUT2D eigenvalue weighted by molar-refractivity contribution is 0.0232. The zero-order valence-corrected chi connectivity index (χ0v) is 9.93. The van der Waals surface area contributed by atoms with E-state index in [1.165, 1.54) is 0 Å². The van der Waals surface area contributed by atoms with Crippen LogP contribution < -0.4 is 10.6 Å². The zero-order valence-electron chi connectivity index (χ0n) is 9.17. The Morgan fingerprint density at radius 3 is 2.69 bits per heavy atom. The van der Waals surface area contributed by atoms with Crippen molar-refractivity contribution in [3.05, 3.63) is 29.3 Å². The predicted octanol–water partition coefficient (Wildman–Crippen LogP) is 1.87. The minimum Gasteiger partial charge on any atom is -0.388 e. The van der Waals surface area contributed by atoms with E-state index in [0.717, 1.165) is 31.6 Å². The van der Waals surface area contributed by atoms with Crippen molar-refractivity contribution in [1.29, 1.82) is 0 Å². The molecule has 0 spiro atoms. The molecule has 1 saturated heterocycles. The molecule has 0 amide bonds. The van der Waals surface area contributed by atoms with Crippen LogP contribution in [0.5, 0.6) is 0 Å². The molecule has 3 N–H and O–H groups in total. The molecule has 4 heteroatoms. The van der Waals surface area contributed by atoms with Crippen molar-refractivity contribution in [2.45, 2.75) is 18.4 Å². The number of para-hydroxylation sites is 1. The lowest BCUT2D eigenvalue weighted by Crippen LogP contribution is -2.46. The van der Waals surface area contributed by atoms with Crippen molar-refractivity contribution in [2.24, 2.45) is 0 Å². The van der Waals surface area contributed by atoms with E-state index in [-0.39, 0.29) is 0 Å². The first-order valence-electron chi connectivity index (χ1n) is 5.61. The van der Waals surface area contributed by atoms with Crippen LogP contribution in [0.1, 0.15) is 12.8 Å². The van der Waals surface area contributed by atoms with Gasteiger partial charge >= 0.3 is 0 Å². The Bertz CT molecular complexity index is 351. The molecule has 3 nitrogen and oxygen atoms in total. The molecule has 0 radical (unpaired) electrons. The average molecular weight is 241 g/mol. The van der Waals surface area contributed by atoms with E-state index >= 15 is 0 Å². The summed E-state index contributed by atoms with van der Waals surface area (Å²) in [6.07, 6.45) is 1.56. The fraction of sp³-hybridized carbons (Fsp3) is 0.500. The first kappa shape index (κ1) is 11.7. The standard InChI is InChI=1S/C12H17ClN2O/c13-10-3-1-2-4-11(10)15-9-12(16)5-7-14-8-6-12/h1-4,14-16H,5-9H2. The molecule has 0 bridgehead atoms. The highest BCUT2D eigenvalue weighted by molar-refractivity contribution is 6.33. The lowest BCUT2D eigenvalue weighted by atomic mass is 9.92. The van der Waals surface area contributed by atoms with Gasteiger partial charge in [-0.2, -0.15) is 0 Å². The number of benzene rings is 1. The van der Waals surface area contributed by atoms with Gasteiger partial charge in [0.1, 0.15) is 0 Å². The molecule has 0 saturated carbocycles. The maximum absolute atomic E-state index is 10.3. The second-order valence-electron chi connectivity index (χ2n) is 4.31. The predicted molar refractivity (Wildman–Crippen MR) is 67.0 cm³/mol. The van der Waals surface area contributed by atoms with Crippen LogP contribution in [0, 0.1) is 0 Å². The number of nitrogens with one attached hydrogen (secondary N) is 2. The van der Waals surface area contributed by atoms with Crippen molar-refractivity contribution < 1.29 is 5.11 Å². The van der Waals surface area contributed by atoms with Gasteiger partial charge in [-0.25, -0.2) is 0 Å². The molecular formula is C12H17ClN2O. The van der Waals surface area contributed by atoms with E-state index in [9.17, 15) is 5.11 Å². The van der Waals surface area contributed by atoms with Crippen molar-refractivity contribution in [1.82, 2.24) is 5.32 Å². The number of hydrogen-bond donors (Lipinski definition) is 3. The number of piperidine rings is 1. The van der Waals surface area contributed by atoms with Crippen LogP contribution in [0.25, 0.3) is 0 Å². The molecule has 1 fully saturated rings. The molecule has 0 aromatic heterocycles. The van der Waals surface area contributed by atoms with E-state index in [1.807, 2.05) is 24.3 Å². The van der Waals surface area contributed by atoms with Gasteiger partial charge in [-0.1, -0.05) is 23.7 Å². The van der Waals surface area contributed by atoms with Gasteiger partial charge in [0.05, 0.1) is 16.3 Å². The van der Waals surface area contributed by atoms with Crippen molar-refractivity contribution in [2.75, 3.05) is 25.0 Å². The highest BCUT2D eigenvalue weighted by Gasteiger charge is 2.28. The third-order valence-corrected chi connectivity index (χ3v) is 3.35. The molecule has 2 rings (SSSR count). The Labute approximate surface area is 101 Å². The van der Waals surface area contributed by atoms with Crippen molar-refractivity contribution >= 4 is 17.3 Å².